The lowest BCUT2D eigenvalue weighted by atomic mass is 10.1. The molecule has 2 aromatic carbocycles. The molecule has 0 saturated carbocycles. The predicted molar refractivity (Wildman–Crippen MR) is 156 cm³/mol. The Morgan fingerprint density at radius 3 is 2.49 bits per heavy atom. The van der Waals surface area contributed by atoms with Crippen molar-refractivity contribution >= 4 is 50.8 Å². The van der Waals surface area contributed by atoms with Crippen LogP contribution in [0.1, 0.15) is 17.4 Å². The van der Waals surface area contributed by atoms with Crippen LogP contribution >= 0.6 is 22.9 Å². The fourth-order valence-electron chi connectivity index (χ4n) is 4.81. The zero-order chi connectivity index (χ0) is 29.3. The van der Waals surface area contributed by atoms with E-state index in [1.54, 1.807) is 48.2 Å². The van der Waals surface area contributed by atoms with Crippen LogP contribution < -0.4 is 26.0 Å². The van der Waals surface area contributed by atoms with Crippen LogP contribution in [-0.4, -0.2) is 53.4 Å². The second kappa shape index (κ2) is 11.7. The summed E-state index contributed by atoms with van der Waals surface area (Å²) in [4.78, 5) is 56.1. The van der Waals surface area contributed by atoms with E-state index in [2.05, 4.69) is 5.32 Å². The monoisotopic (exact) mass is 598 g/mol. The summed E-state index contributed by atoms with van der Waals surface area (Å²) >= 11 is 7.48. The van der Waals surface area contributed by atoms with Crippen molar-refractivity contribution in [3.05, 3.63) is 78.8 Å². The van der Waals surface area contributed by atoms with Crippen molar-refractivity contribution in [3.63, 3.8) is 0 Å². The van der Waals surface area contributed by atoms with E-state index in [0.29, 0.717) is 46.1 Å². The average molecular weight is 599 g/mol. The number of rotatable bonds is 7. The molecule has 13 heteroatoms. The van der Waals surface area contributed by atoms with E-state index in [0.717, 1.165) is 15.0 Å². The molecule has 4 aromatic rings. The third-order valence-corrected chi connectivity index (χ3v) is 8.25. The Labute approximate surface area is 243 Å². The minimum absolute atomic E-state index is 0.236. The Bertz CT molecular complexity index is 1760. The van der Waals surface area contributed by atoms with Crippen molar-refractivity contribution in [1.29, 1.82) is 0 Å². The Morgan fingerprint density at radius 2 is 1.80 bits per heavy atom. The van der Waals surface area contributed by atoms with Gasteiger partial charge in [0.2, 0.25) is 5.91 Å². The van der Waals surface area contributed by atoms with Gasteiger partial charge in [-0.25, -0.2) is 14.2 Å². The quantitative estimate of drug-likeness (QED) is 0.341. The summed E-state index contributed by atoms with van der Waals surface area (Å²) in [5.41, 5.74) is 0.298. The molecule has 0 atom stereocenters. The second-order valence-electron chi connectivity index (χ2n) is 9.13. The van der Waals surface area contributed by atoms with Gasteiger partial charge in [-0.3, -0.25) is 14.2 Å². The van der Waals surface area contributed by atoms with E-state index in [1.807, 2.05) is 0 Å². The SMILES string of the molecule is CCOC(=O)N1CCc2c(sc3c2c(=O)n(-c2ccccc2)c(=O)n3CC(=O)Nc2cc(Cl)c(OC)cc2OC)C1. The molecule has 2 amide bonds. The highest BCUT2D eigenvalue weighted by Gasteiger charge is 2.29. The van der Waals surface area contributed by atoms with Gasteiger partial charge in [-0.15, -0.1) is 11.3 Å². The van der Waals surface area contributed by atoms with Gasteiger partial charge < -0.3 is 24.4 Å². The first-order chi connectivity index (χ1) is 19.8. The van der Waals surface area contributed by atoms with Gasteiger partial charge in [-0.1, -0.05) is 29.8 Å². The topological polar surface area (TPSA) is 121 Å². The number of hydrogen-bond acceptors (Lipinski definition) is 8. The molecular weight excluding hydrogens is 572 g/mol. The van der Waals surface area contributed by atoms with E-state index in [4.69, 9.17) is 25.8 Å². The molecule has 1 aliphatic heterocycles. The number of hydrogen-bond donors (Lipinski definition) is 1. The van der Waals surface area contributed by atoms with Crippen LogP contribution in [0.25, 0.3) is 15.9 Å². The van der Waals surface area contributed by atoms with Crippen LogP contribution in [0, 0.1) is 0 Å². The van der Waals surface area contributed by atoms with E-state index in [1.165, 1.54) is 36.2 Å². The average Bonchev–Trinajstić information content (AvgIpc) is 3.35. The summed E-state index contributed by atoms with van der Waals surface area (Å²) in [6.45, 7) is 2.18. The van der Waals surface area contributed by atoms with Crippen LogP contribution in [-0.2, 0) is 29.0 Å². The minimum Gasteiger partial charge on any atom is -0.495 e. The standard InChI is InChI=1S/C28H27ClN4O7S/c1-4-40-28(37)31-11-10-17-22(14-31)41-26-24(17)25(35)33(16-8-6-5-7-9-16)27(36)32(26)15-23(34)30-19-12-18(29)20(38-2)13-21(19)39-3/h5-9,12-13H,4,10-11,14-15H2,1-3H3,(H,30,34). The molecule has 0 spiro atoms. The molecule has 2 aromatic heterocycles. The smallest absolute Gasteiger partial charge is 0.410 e. The zero-order valence-electron chi connectivity index (χ0n) is 22.6. The van der Waals surface area contributed by atoms with Gasteiger partial charge >= 0.3 is 11.8 Å². The predicted octanol–water partition coefficient (Wildman–Crippen LogP) is 4.04. The van der Waals surface area contributed by atoms with Gasteiger partial charge in [0.25, 0.3) is 5.56 Å². The molecule has 0 aliphatic carbocycles. The highest BCUT2D eigenvalue weighted by atomic mass is 35.5. The van der Waals surface area contributed by atoms with E-state index < -0.39 is 29.8 Å². The number of aromatic nitrogens is 2. The van der Waals surface area contributed by atoms with E-state index in [-0.39, 0.29) is 18.2 Å². The van der Waals surface area contributed by atoms with Gasteiger partial charge in [-0.05, 0) is 37.1 Å². The molecule has 0 fully saturated rings. The number of nitrogens with zero attached hydrogens (tertiary/aromatic N) is 3. The number of carbonyl (C=O) groups is 2. The molecular formula is C28H27ClN4O7S. The van der Waals surface area contributed by atoms with Crippen molar-refractivity contribution in [2.45, 2.75) is 26.4 Å². The van der Waals surface area contributed by atoms with Crippen molar-refractivity contribution in [1.82, 2.24) is 14.0 Å². The number of para-hydroxylation sites is 1. The largest absolute Gasteiger partial charge is 0.495 e. The second-order valence-corrected chi connectivity index (χ2v) is 10.6. The maximum atomic E-state index is 13.8. The summed E-state index contributed by atoms with van der Waals surface area (Å²) in [5.74, 6) is 0.151. The molecule has 0 radical (unpaired) electrons. The number of ether oxygens (including phenoxy) is 3. The first kappa shape index (κ1) is 28.2. The fourth-order valence-corrected chi connectivity index (χ4v) is 6.40. The van der Waals surface area contributed by atoms with Crippen LogP contribution in [0.3, 0.4) is 0 Å². The Morgan fingerprint density at radius 1 is 1.07 bits per heavy atom. The maximum Gasteiger partial charge on any atom is 0.410 e. The summed E-state index contributed by atoms with van der Waals surface area (Å²) < 4.78 is 18.1. The lowest BCUT2D eigenvalue weighted by molar-refractivity contribution is -0.116. The lowest BCUT2D eigenvalue weighted by Gasteiger charge is -2.25. The molecule has 3 heterocycles. The molecule has 5 rings (SSSR count). The summed E-state index contributed by atoms with van der Waals surface area (Å²) in [7, 11) is 2.91. The Balaban J connectivity index is 1.61. The highest BCUT2D eigenvalue weighted by molar-refractivity contribution is 7.18. The number of halogens is 1. The lowest BCUT2D eigenvalue weighted by Crippen LogP contribution is -2.41. The molecule has 1 N–H and O–H groups in total. The molecule has 41 heavy (non-hydrogen) atoms. The van der Waals surface area contributed by atoms with Crippen LogP contribution in [0.4, 0.5) is 10.5 Å². The molecule has 11 nitrogen and oxygen atoms in total. The number of carbonyl (C=O) groups excluding carboxylic acids is 2. The molecule has 0 unspecified atom stereocenters. The number of nitrogens with one attached hydrogen (secondary N) is 1. The molecule has 1 aliphatic rings. The number of fused-ring (bicyclic) bond motifs is 3. The number of anilines is 1. The molecule has 0 saturated heterocycles. The number of methoxy groups -OCH3 is 2. The normalized spacial score (nSPS) is 12.6. The highest BCUT2D eigenvalue weighted by Crippen LogP contribution is 2.36. The zero-order valence-corrected chi connectivity index (χ0v) is 24.1. The van der Waals surface area contributed by atoms with Crippen LogP contribution in [0.2, 0.25) is 5.02 Å². The van der Waals surface area contributed by atoms with E-state index in [9.17, 15) is 19.2 Å². The van der Waals surface area contributed by atoms with E-state index >= 15 is 0 Å². The van der Waals surface area contributed by atoms with Crippen molar-refractivity contribution < 1.29 is 23.8 Å². The van der Waals surface area contributed by atoms with Gasteiger partial charge in [0.15, 0.2) is 0 Å². The minimum atomic E-state index is -0.663. The van der Waals surface area contributed by atoms with Gasteiger partial charge in [0.1, 0.15) is 22.9 Å². The summed E-state index contributed by atoms with van der Waals surface area (Å²) in [5, 5.41) is 3.37. The number of benzene rings is 2. The van der Waals surface area contributed by atoms with Crippen molar-refractivity contribution in [3.8, 4) is 17.2 Å². The third kappa shape index (κ3) is 5.27. The summed E-state index contributed by atoms with van der Waals surface area (Å²) in [6.07, 6.45) is -0.0365. The van der Waals surface area contributed by atoms with Gasteiger partial charge in [0, 0.05) is 17.5 Å². The van der Waals surface area contributed by atoms with Crippen molar-refractivity contribution in [2.24, 2.45) is 0 Å². The fraction of sp³-hybridized carbons (Fsp3) is 0.286. The Kier molecular flexibility index (Phi) is 8.04. The van der Waals surface area contributed by atoms with Gasteiger partial charge in [0.05, 0.1) is 49.2 Å². The molecule has 0 bridgehead atoms. The van der Waals surface area contributed by atoms with Gasteiger partial charge in [-0.2, -0.15) is 0 Å². The Hall–Kier alpha value is -4.29. The third-order valence-electron chi connectivity index (χ3n) is 6.71. The molecule has 214 valence electrons. The van der Waals surface area contributed by atoms with Crippen molar-refractivity contribution in [2.75, 3.05) is 32.7 Å². The number of amides is 2. The first-order valence-electron chi connectivity index (χ1n) is 12.8. The van der Waals surface area contributed by atoms with Crippen LogP contribution in [0.5, 0.6) is 11.5 Å². The summed E-state index contributed by atoms with van der Waals surface area (Å²) in [6, 6.07) is 11.6. The first-order valence-corrected chi connectivity index (χ1v) is 13.9. The number of thiophene rings is 1. The van der Waals surface area contributed by atoms with Crippen LogP contribution in [0.15, 0.2) is 52.1 Å². The maximum absolute atomic E-state index is 13.8.